The summed E-state index contributed by atoms with van der Waals surface area (Å²) in [5, 5.41) is 12.9. The number of halogens is 1. The van der Waals surface area contributed by atoms with Crippen LogP contribution in [0.1, 0.15) is 42.6 Å². The Bertz CT molecular complexity index is 428. The number of nitrogens with one attached hydrogen (secondary N) is 1. The summed E-state index contributed by atoms with van der Waals surface area (Å²) in [6.45, 7) is 6.08. The van der Waals surface area contributed by atoms with Crippen molar-refractivity contribution in [2.75, 3.05) is 6.54 Å². The van der Waals surface area contributed by atoms with Gasteiger partial charge in [-0.15, -0.1) is 0 Å². The number of hydrogen-bond donors (Lipinski definition) is 2. The van der Waals surface area contributed by atoms with E-state index in [-0.39, 0.29) is 12.5 Å². The third-order valence-electron chi connectivity index (χ3n) is 3.33. The summed E-state index contributed by atoms with van der Waals surface area (Å²) in [6, 6.07) is 5.47. The average molecular weight is 314 g/mol. The molecule has 0 radical (unpaired) electrons. The first-order valence-corrected chi connectivity index (χ1v) is 6.98. The summed E-state index contributed by atoms with van der Waals surface area (Å²) in [4.78, 5) is 11.9. The van der Waals surface area contributed by atoms with Gasteiger partial charge in [-0.2, -0.15) is 0 Å². The van der Waals surface area contributed by atoms with Crippen molar-refractivity contribution in [3.05, 3.63) is 33.8 Å². The second kappa shape index (κ2) is 6.34. The molecule has 1 rings (SSSR count). The van der Waals surface area contributed by atoms with Gasteiger partial charge in [-0.3, -0.25) is 4.79 Å². The Hall–Kier alpha value is -0.870. The van der Waals surface area contributed by atoms with E-state index in [1.165, 1.54) is 0 Å². The van der Waals surface area contributed by atoms with Gasteiger partial charge in [0.05, 0.1) is 5.60 Å². The maximum absolute atomic E-state index is 11.9. The van der Waals surface area contributed by atoms with E-state index in [2.05, 4.69) is 21.2 Å². The van der Waals surface area contributed by atoms with Crippen molar-refractivity contribution >= 4 is 21.8 Å². The lowest BCUT2D eigenvalue weighted by molar-refractivity contribution is 0.0314. The Kier molecular flexibility index (Phi) is 5.35. The van der Waals surface area contributed by atoms with Gasteiger partial charge in [0, 0.05) is 16.6 Å². The van der Waals surface area contributed by atoms with Crippen LogP contribution in [0.15, 0.2) is 22.7 Å². The van der Waals surface area contributed by atoms with Crippen molar-refractivity contribution < 1.29 is 9.90 Å². The summed E-state index contributed by atoms with van der Waals surface area (Å²) in [5.41, 5.74) is 0.879. The zero-order chi connectivity index (χ0) is 13.8. The van der Waals surface area contributed by atoms with Crippen LogP contribution in [0, 0.1) is 6.92 Å². The lowest BCUT2D eigenvalue weighted by Crippen LogP contribution is -2.42. The molecule has 0 saturated carbocycles. The molecule has 0 unspecified atom stereocenters. The topological polar surface area (TPSA) is 49.3 Å². The van der Waals surface area contributed by atoms with Crippen LogP contribution in [0.5, 0.6) is 0 Å². The minimum atomic E-state index is -0.808. The number of aliphatic hydroxyl groups is 1. The molecule has 100 valence electrons. The van der Waals surface area contributed by atoms with Gasteiger partial charge in [-0.25, -0.2) is 0 Å². The summed E-state index contributed by atoms with van der Waals surface area (Å²) in [5.74, 6) is -0.156. The zero-order valence-corrected chi connectivity index (χ0v) is 12.7. The monoisotopic (exact) mass is 313 g/mol. The highest BCUT2D eigenvalue weighted by Crippen LogP contribution is 2.18. The van der Waals surface area contributed by atoms with Crippen molar-refractivity contribution in [3.8, 4) is 0 Å². The van der Waals surface area contributed by atoms with Crippen LogP contribution in [-0.2, 0) is 0 Å². The second-order valence-corrected chi connectivity index (χ2v) is 5.43. The average Bonchev–Trinajstić information content (AvgIpc) is 2.38. The molecule has 0 atom stereocenters. The zero-order valence-electron chi connectivity index (χ0n) is 11.1. The van der Waals surface area contributed by atoms with Crippen LogP contribution < -0.4 is 5.32 Å². The van der Waals surface area contributed by atoms with Crippen molar-refractivity contribution in [1.29, 1.82) is 0 Å². The fraction of sp³-hybridized carbons (Fsp3) is 0.500. The largest absolute Gasteiger partial charge is 0.388 e. The van der Waals surface area contributed by atoms with Crippen molar-refractivity contribution in [3.63, 3.8) is 0 Å². The highest BCUT2D eigenvalue weighted by atomic mass is 79.9. The minimum Gasteiger partial charge on any atom is -0.388 e. The van der Waals surface area contributed by atoms with E-state index in [1.807, 2.05) is 26.8 Å². The fourth-order valence-corrected chi connectivity index (χ4v) is 1.96. The van der Waals surface area contributed by atoms with E-state index < -0.39 is 5.60 Å². The normalized spacial score (nSPS) is 11.4. The summed E-state index contributed by atoms with van der Waals surface area (Å²) in [6.07, 6.45) is 1.25. The van der Waals surface area contributed by atoms with E-state index in [0.717, 1.165) is 10.0 Å². The number of aryl methyl sites for hydroxylation is 1. The van der Waals surface area contributed by atoms with E-state index in [0.29, 0.717) is 18.4 Å². The van der Waals surface area contributed by atoms with E-state index in [4.69, 9.17) is 0 Å². The minimum absolute atomic E-state index is 0.156. The van der Waals surface area contributed by atoms with Crippen LogP contribution in [0.4, 0.5) is 0 Å². The SMILES string of the molecule is CCC(O)(CC)CNC(=O)c1ccc(C)c(Br)c1. The Morgan fingerprint density at radius 3 is 2.50 bits per heavy atom. The molecular formula is C14H20BrNO2. The first-order chi connectivity index (χ1) is 8.41. The van der Waals surface area contributed by atoms with Gasteiger partial charge in [-0.05, 0) is 37.5 Å². The van der Waals surface area contributed by atoms with E-state index in [1.54, 1.807) is 12.1 Å². The fourth-order valence-electron chi connectivity index (χ4n) is 1.58. The van der Waals surface area contributed by atoms with Gasteiger partial charge >= 0.3 is 0 Å². The van der Waals surface area contributed by atoms with Gasteiger partial charge in [-0.1, -0.05) is 35.8 Å². The molecule has 0 aliphatic carbocycles. The van der Waals surface area contributed by atoms with E-state index in [9.17, 15) is 9.90 Å². The Morgan fingerprint density at radius 2 is 2.00 bits per heavy atom. The Balaban J connectivity index is 2.68. The van der Waals surface area contributed by atoms with Gasteiger partial charge < -0.3 is 10.4 Å². The van der Waals surface area contributed by atoms with Crippen LogP contribution >= 0.6 is 15.9 Å². The number of amides is 1. The molecule has 0 aliphatic heterocycles. The Morgan fingerprint density at radius 1 is 1.39 bits per heavy atom. The number of carbonyl (C=O) groups is 1. The van der Waals surface area contributed by atoms with Gasteiger partial charge in [0.2, 0.25) is 0 Å². The number of benzene rings is 1. The van der Waals surface area contributed by atoms with Gasteiger partial charge in [0.1, 0.15) is 0 Å². The van der Waals surface area contributed by atoms with E-state index >= 15 is 0 Å². The Labute approximate surface area is 117 Å². The molecule has 1 amide bonds. The predicted octanol–water partition coefficient (Wildman–Crippen LogP) is 3.04. The molecule has 0 heterocycles. The molecule has 0 fully saturated rings. The van der Waals surface area contributed by atoms with Crippen molar-refractivity contribution in [2.24, 2.45) is 0 Å². The molecule has 4 heteroatoms. The molecule has 18 heavy (non-hydrogen) atoms. The number of hydrogen-bond acceptors (Lipinski definition) is 2. The quantitative estimate of drug-likeness (QED) is 0.877. The van der Waals surface area contributed by atoms with Crippen LogP contribution in [-0.4, -0.2) is 23.2 Å². The highest BCUT2D eigenvalue weighted by Gasteiger charge is 2.23. The molecule has 0 aromatic heterocycles. The maximum Gasteiger partial charge on any atom is 0.251 e. The number of rotatable bonds is 5. The smallest absolute Gasteiger partial charge is 0.251 e. The summed E-state index contributed by atoms with van der Waals surface area (Å²) in [7, 11) is 0. The third-order valence-corrected chi connectivity index (χ3v) is 4.18. The maximum atomic E-state index is 11.9. The molecule has 0 aliphatic rings. The lowest BCUT2D eigenvalue weighted by atomic mass is 9.97. The second-order valence-electron chi connectivity index (χ2n) is 4.58. The molecule has 0 spiro atoms. The van der Waals surface area contributed by atoms with Gasteiger partial charge in [0.25, 0.3) is 5.91 Å². The van der Waals surface area contributed by atoms with Crippen molar-refractivity contribution in [2.45, 2.75) is 39.2 Å². The first-order valence-electron chi connectivity index (χ1n) is 6.18. The highest BCUT2D eigenvalue weighted by molar-refractivity contribution is 9.10. The molecular weight excluding hydrogens is 294 g/mol. The van der Waals surface area contributed by atoms with Crippen LogP contribution in [0.25, 0.3) is 0 Å². The van der Waals surface area contributed by atoms with Crippen molar-refractivity contribution in [1.82, 2.24) is 5.32 Å². The standard InChI is InChI=1S/C14H20BrNO2/c1-4-14(18,5-2)9-16-13(17)11-7-6-10(3)12(15)8-11/h6-8,18H,4-5,9H2,1-3H3,(H,16,17). The first kappa shape index (κ1) is 15.2. The predicted molar refractivity (Wildman–Crippen MR) is 76.7 cm³/mol. The molecule has 3 nitrogen and oxygen atoms in total. The van der Waals surface area contributed by atoms with Crippen LogP contribution in [0.2, 0.25) is 0 Å². The molecule has 1 aromatic rings. The van der Waals surface area contributed by atoms with Crippen LogP contribution in [0.3, 0.4) is 0 Å². The molecule has 2 N–H and O–H groups in total. The molecule has 1 aromatic carbocycles. The lowest BCUT2D eigenvalue weighted by Gasteiger charge is -2.25. The summed E-state index contributed by atoms with van der Waals surface area (Å²) < 4.78 is 0.913. The number of carbonyl (C=O) groups excluding carboxylic acids is 1. The third kappa shape index (κ3) is 3.82. The van der Waals surface area contributed by atoms with Gasteiger partial charge in [0.15, 0.2) is 0 Å². The molecule has 0 bridgehead atoms. The molecule has 0 saturated heterocycles. The summed E-state index contributed by atoms with van der Waals surface area (Å²) >= 11 is 3.40.